The van der Waals surface area contributed by atoms with E-state index in [1.165, 1.54) is 19.4 Å². The number of aromatic amines is 1. The maximum Gasteiger partial charge on any atom is 0.325 e. The zero-order chi connectivity index (χ0) is 38.6. The Morgan fingerprint density at radius 2 is 1.44 bits per heavy atom. The second kappa shape index (κ2) is 22.7. The fraction of sp³-hybridized carbons (Fsp3) is 0.500. The van der Waals surface area contributed by atoms with Crippen molar-refractivity contribution in [1.82, 2.24) is 41.9 Å². The molecular formula is C32H48N10O9S. The molecule has 0 radical (unpaired) electrons. The van der Waals surface area contributed by atoms with Crippen molar-refractivity contribution in [3.05, 3.63) is 54.1 Å². The average molecular weight is 749 g/mol. The molecule has 52 heavy (non-hydrogen) atoms. The van der Waals surface area contributed by atoms with Crippen molar-refractivity contribution in [2.45, 2.75) is 75.3 Å². The number of thiol groups is 1. The van der Waals surface area contributed by atoms with Crippen LogP contribution in [-0.4, -0.2) is 123 Å². The third-order valence-electron chi connectivity index (χ3n) is 7.64. The summed E-state index contributed by atoms with van der Waals surface area (Å²) in [5, 5.41) is 33.4. The molecule has 19 nitrogen and oxygen atoms in total. The predicted octanol–water partition coefficient (Wildman–Crippen LogP) is -3.78. The number of hydrogen-bond acceptors (Lipinski definition) is 12. The van der Waals surface area contributed by atoms with Crippen LogP contribution < -0.4 is 43.4 Å². The smallest absolute Gasteiger partial charge is 0.325 e. The number of aliphatic hydroxyl groups excluding tert-OH is 1. The summed E-state index contributed by atoms with van der Waals surface area (Å²) in [4.78, 5) is 95.4. The third-order valence-corrected chi connectivity index (χ3v) is 8.00. The molecule has 0 aliphatic heterocycles. The molecular weight excluding hydrogens is 700 g/mol. The molecule has 13 N–H and O–H groups in total. The fourth-order valence-corrected chi connectivity index (χ4v) is 4.90. The van der Waals surface area contributed by atoms with Crippen LogP contribution in [0.3, 0.4) is 0 Å². The Balaban J connectivity index is 2.03. The zero-order valence-corrected chi connectivity index (χ0v) is 29.6. The molecule has 1 aromatic heterocycles. The van der Waals surface area contributed by atoms with Crippen molar-refractivity contribution in [3.63, 3.8) is 0 Å². The van der Waals surface area contributed by atoms with Gasteiger partial charge in [0, 0.05) is 30.5 Å². The first-order valence-electron chi connectivity index (χ1n) is 16.5. The summed E-state index contributed by atoms with van der Waals surface area (Å²) < 4.78 is 0. The van der Waals surface area contributed by atoms with E-state index in [-0.39, 0.29) is 18.6 Å². The van der Waals surface area contributed by atoms with Crippen LogP contribution in [0.25, 0.3) is 0 Å². The molecule has 0 saturated heterocycles. The number of carbonyl (C=O) groups excluding carboxylic acids is 6. The second-order valence-corrected chi connectivity index (χ2v) is 12.2. The lowest BCUT2D eigenvalue weighted by atomic mass is 10.0. The molecule has 0 saturated carbocycles. The summed E-state index contributed by atoms with van der Waals surface area (Å²) in [6.07, 6.45) is 4.39. The number of carbonyl (C=O) groups is 7. The minimum absolute atomic E-state index is 0.0710. The van der Waals surface area contributed by atoms with Gasteiger partial charge < -0.3 is 58.6 Å². The molecule has 2 rings (SSSR count). The van der Waals surface area contributed by atoms with Crippen molar-refractivity contribution < 1.29 is 43.8 Å². The number of carboxylic acid groups (broad SMARTS) is 1. The van der Waals surface area contributed by atoms with Crippen LogP contribution in [0.5, 0.6) is 0 Å². The summed E-state index contributed by atoms with van der Waals surface area (Å²) in [5.74, 6) is -6.33. The molecule has 20 heteroatoms. The highest BCUT2D eigenvalue weighted by Gasteiger charge is 2.31. The SMILES string of the molecule is C[C@H](NC(=O)[C@H](Cc1cnc[nH]1)NC(=O)CNC(=O)[C@H](CO)NC(=O)[C@H](CS)NC(=O)[C@H](Cc1ccccc1)NC(=O)[C@@H](N)CCCCN)C(=O)O. The number of hydrogen-bond donors (Lipinski definition) is 12. The number of aliphatic hydroxyl groups is 1. The van der Waals surface area contributed by atoms with Gasteiger partial charge in [0.2, 0.25) is 35.4 Å². The monoisotopic (exact) mass is 748 g/mol. The number of imidazole rings is 1. The maximum absolute atomic E-state index is 13.4. The fourth-order valence-electron chi connectivity index (χ4n) is 4.65. The first-order chi connectivity index (χ1) is 24.8. The van der Waals surface area contributed by atoms with Crippen LogP contribution in [0, 0.1) is 0 Å². The topological polar surface area (TPSA) is 313 Å². The molecule has 0 fully saturated rings. The van der Waals surface area contributed by atoms with Crippen molar-refractivity contribution >= 4 is 54.0 Å². The molecule has 2 aromatic rings. The van der Waals surface area contributed by atoms with Crippen LogP contribution in [0.2, 0.25) is 0 Å². The van der Waals surface area contributed by atoms with Crippen LogP contribution in [-0.2, 0) is 46.4 Å². The van der Waals surface area contributed by atoms with Gasteiger partial charge in [-0.1, -0.05) is 36.8 Å². The molecule has 0 bridgehead atoms. The van der Waals surface area contributed by atoms with E-state index < -0.39 is 90.8 Å². The quantitative estimate of drug-likeness (QED) is 0.0385. The predicted molar refractivity (Wildman–Crippen MR) is 190 cm³/mol. The van der Waals surface area contributed by atoms with Crippen molar-refractivity contribution in [1.29, 1.82) is 0 Å². The van der Waals surface area contributed by atoms with E-state index in [2.05, 4.69) is 54.5 Å². The summed E-state index contributed by atoms with van der Waals surface area (Å²) in [7, 11) is 0. The number of nitrogens with two attached hydrogens (primary N) is 2. The van der Waals surface area contributed by atoms with Gasteiger partial charge in [-0.15, -0.1) is 0 Å². The Bertz CT molecular complexity index is 1480. The number of carboxylic acids is 1. The Labute approximate surface area is 305 Å². The molecule has 1 heterocycles. The van der Waals surface area contributed by atoms with Crippen molar-refractivity contribution in [3.8, 4) is 0 Å². The number of H-pyrrole nitrogens is 1. The van der Waals surface area contributed by atoms with Crippen LogP contribution in [0.4, 0.5) is 0 Å². The van der Waals surface area contributed by atoms with E-state index in [9.17, 15) is 38.7 Å². The number of benzene rings is 1. The molecule has 0 aliphatic rings. The summed E-state index contributed by atoms with van der Waals surface area (Å²) >= 11 is 4.15. The largest absolute Gasteiger partial charge is 0.480 e. The Hall–Kier alpha value is -5.05. The number of nitrogens with zero attached hydrogens (tertiary/aromatic N) is 1. The minimum Gasteiger partial charge on any atom is -0.480 e. The molecule has 6 amide bonds. The second-order valence-electron chi connectivity index (χ2n) is 11.8. The van der Waals surface area contributed by atoms with Gasteiger partial charge in [0.15, 0.2) is 0 Å². The van der Waals surface area contributed by atoms with Gasteiger partial charge in [0.05, 0.1) is 25.5 Å². The first kappa shape index (κ1) is 43.1. The Kier molecular flexibility index (Phi) is 18.8. The van der Waals surface area contributed by atoms with Crippen LogP contribution in [0.15, 0.2) is 42.9 Å². The molecule has 0 unspecified atom stereocenters. The van der Waals surface area contributed by atoms with E-state index in [4.69, 9.17) is 16.6 Å². The van der Waals surface area contributed by atoms with Gasteiger partial charge >= 0.3 is 5.97 Å². The van der Waals surface area contributed by atoms with E-state index in [0.717, 1.165) is 5.56 Å². The van der Waals surface area contributed by atoms with Gasteiger partial charge in [-0.3, -0.25) is 33.6 Å². The molecule has 0 spiro atoms. The molecule has 0 aliphatic carbocycles. The van der Waals surface area contributed by atoms with E-state index in [0.29, 0.717) is 31.5 Å². The number of nitrogens with one attached hydrogen (secondary N) is 7. The Morgan fingerprint density at radius 1 is 0.827 bits per heavy atom. The first-order valence-corrected chi connectivity index (χ1v) is 17.1. The molecule has 6 atom stereocenters. The molecule has 286 valence electrons. The van der Waals surface area contributed by atoms with Gasteiger partial charge in [0.1, 0.15) is 30.2 Å². The molecule has 1 aromatic carbocycles. The lowest BCUT2D eigenvalue weighted by Crippen LogP contribution is -2.59. The van der Waals surface area contributed by atoms with Gasteiger partial charge in [-0.25, -0.2) is 4.98 Å². The minimum atomic E-state index is -1.56. The number of aromatic nitrogens is 2. The average Bonchev–Trinajstić information content (AvgIpc) is 3.64. The highest BCUT2D eigenvalue weighted by Crippen LogP contribution is 2.07. The number of aliphatic carboxylic acids is 1. The van der Waals surface area contributed by atoms with Crippen LogP contribution in [0.1, 0.15) is 37.4 Å². The normalized spacial score (nSPS) is 14.3. The highest BCUT2D eigenvalue weighted by atomic mass is 32.1. The van der Waals surface area contributed by atoms with Gasteiger partial charge in [0.25, 0.3) is 0 Å². The van der Waals surface area contributed by atoms with Crippen molar-refractivity contribution in [2.24, 2.45) is 11.5 Å². The van der Waals surface area contributed by atoms with E-state index in [1.807, 2.05) is 0 Å². The third kappa shape index (κ3) is 15.1. The summed E-state index contributed by atoms with van der Waals surface area (Å²) in [5.41, 5.74) is 12.7. The zero-order valence-electron chi connectivity index (χ0n) is 28.7. The van der Waals surface area contributed by atoms with Crippen LogP contribution >= 0.6 is 12.6 Å². The lowest BCUT2D eigenvalue weighted by molar-refractivity contribution is -0.141. The summed E-state index contributed by atoms with van der Waals surface area (Å²) in [6.45, 7) is 0.111. The standard InChI is InChI=1S/C32H48N10O9S/c1-18(32(50)51)38-29(47)23(12-20-13-35-17-37-20)39-26(44)14-36-28(46)24(15-43)41-31(49)25(16-52)42-30(48)22(11-19-7-3-2-4-8-19)40-27(45)21(34)9-5-6-10-33/h2-4,7-8,13,17-18,21-25,43,52H,5-6,9-12,14-16,33-34H2,1H3,(H,35,37)(H,36,46)(H,38,47)(H,39,44)(H,40,45)(H,41,49)(H,42,48)(H,50,51)/t18-,21-,22-,23-,24-,25-/m0/s1. The van der Waals surface area contributed by atoms with Gasteiger partial charge in [-0.05, 0) is 31.9 Å². The highest BCUT2D eigenvalue weighted by molar-refractivity contribution is 7.80. The van der Waals surface area contributed by atoms with Gasteiger partial charge in [-0.2, -0.15) is 12.6 Å². The van der Waals surface area contributed by atoms with E-state index in [1.54, 1.807) is 30.3 Å². The van der Waals surface area contributed by atoms with E-state index >= 15 is 0 Å². The number of amides is 6. The number of rotatable bonds is 23. The summed E-state index contributed by atoms with van der Waals surface area (Å²) in [6, 6.07) is 1.42. The van der Waals surface area contributed by atoms with Crippen molar-refractivity contribution in [2.75, 3.05) is 25.4 Å². The maximum atomic E-state index is 13.4. The lowest BCUT2D eigenvalue weighted by Gasteiger charge is -2.25. The number of unbranched alkanes of at least 4 members (excludes halogenated alkanes) is 1. The Morgan fingerprint density at radius 3 is 2.04 bits per heavy atom.